The van der Waals surface area contributed by atoms with E-state index in [1.807, 2.05) is 24.3 Å². The predicted molar refractivity (Wildman–Crippen MR) is 248 cm³/mol. The minimum Gasteiger partial charge on any atom is -0.505 e. The van der Waals surface area contributed by atoms with Gasteiger partial charge in [0.2, 0.25) is 11.4 Å². The van der Waals surface area contributed by atoms with E-state index in [1.165, 1.54) is 0 Å². The number of esters is 1. The van der Waals surface area contributed by atoms with Crippen molar-refractivity contribution in [3.8, 4) is 23.6 Å². The number of carbonyl (C=O) groups is 2. The number of unbranched alkanes of at least 4 members (excludes halogenated alkanes) is 4. The quantitative estimate of drug-likeness (QED) is 0.0395. The second-order valence-electron chi connectivity index (χ2n) is 15.6. The summed E-state index contributed by atoms with van der Waals surface area (Å²) in [5, 5.41) is 27.0. The molecular weight excluding hydrogens is 841 g/mol. The molecule has 5 N–H and O–H groups in total. The Bertz CT molecular complexity index is 2580. The zero-order valence-corrected chi connectivity index (χ0v) is 37.7. The van der Waals surface area contributed by atoms with Crippen molar-refractivity contribution in [2.45, 2.75) is 97.2 Å². The average molecular weight is 893 g/mol. The van der Waals surface area contributed by atoms with Crippen LogP contribution >= 0.6 is 0 Å². The van der Waals surface area contributed by atoms with Gasteiger partial charge in [-0.05, 0) is 109 Å². The van der Waals surface area contributed by atoms with Crippen molar-refractivity contribution in [3.63, 3.8) is 0 Å². The number of nitriles is 2. The Kier molecular flexibility index (Phi) is 19.7. The highest BCUT2D eigenvalue weighted by atomic mass is 16.5. The molecule has 66 heavy (non-hydrogen) atoms. The number of nitrogens with zero attached hydrogens (tertiary/aromatic N) is 6. The van der Waals surface area contributed by atoms with Gasteiger partial charge in [-0.1, -0.05) is 36.4 Å². The zero-order chi connectivity index (χ0) is 48.9. The minimum atomic E-state index is -0.873. The van der Waals surface area contributed by atoms with Crippen LogP contribution in [0.2, 0.25) is 0 Å². The van der Waals surface area contributed by atoms with Gasteiger partial charge in [-0.2, -0.15) is 0 Å². The van der Waals surface area contributed by atoms with E-state index in [9.17, 15) is 14.9 Å². The van der Waals surface area contributed by atoms with Crippen molar-refractivity contribution in [2.75, 3.05) is 31.3 Å². The van der Waals surface area contributed by atoms with E-state index in [0.29, 0.717) is 66.7 Å². The molecule has 0 aromatic heterocycles. The lowest BCUT2D eigenvalue weighted by molar-refractivity contribution is -0.143. The third kappa shape index (κ3) is 14.6. The van der Waals surface area contributed by atoms with Crippen molar-refractivity contribution in [1.29, 1.82) is 10.5 Å². The standard InChI is InChI=1S/C26H28N4O4.C24H24N4O4/c1-6-32-23(31)10-8-7-9-15-33-22-16-18(12-14-20(22)28)11-13-19-24(30-5)25(21(17-27)29-4)34-26(19,2)3;1-24(2)17(22(28-4)23(32-24)19(15-25)27-3)11-9-16-10-12-18(26)20(14-16)31-13-7-5-6-8-21(29)30/h11-14,16H,6-10,15,28H2,1-3H3;9-12,14H,5-8,13,26H2,1-2H3,(H,29,30)/b13-11+,25-21+;11-9+,23-19+. The molecule has 0 spiro atoms. The highest BCUT2D eigenvalue weighted by Gasteiger charge is 2.39. The number of benzene rings is 2. The fourth-order valence-corrected chi connectivity index (χ4v) is 6.51. The second-order valence-corrected chi connectivity index (χ2v) is 15.6. The van der Waals surface area contributed by atoms with E-state index in [4.69, 9.17) is 71.8 Å². The summed E-state index contributed by atoms with van der Waals surface area (Å²) in [6, 6.07) is 14.3. The van der Waals surface area contributed by atoms with Crippen molar-refractivity contribution in [2.24, 2.45) is 0 Å². The highest BCUT2D eigenvalue weighted by Crippen LogP contribution is 2.43. The van der Waals surface area contributed by atoms with Gasteiger partial charge in [0.25, 0.3) is 11.4 Å². The van der Waals surface area contributed by atoms with Crippen molar-refractivity contribution >= 4 is 35.5 Å². The smallest absolute Gasteiger partial charge is 0.305 e. The van der Waals surface area contributed by atoms with Crippen LogP contribution in [0, 0.1) is 49.0 Å². The van der Waals surface area contributed by atoms with Gasteiger partial charge in [0.1, 0.15) is 34.2 Å². The number of aliphatic carboxylic acids is 1. The first kappa shape index (κ1) is 51.9. The van der Waals surface area contributed by atoms with E-state index < -0.39 is 17.2 Å². The van der Waals surface area contributed by atoms with Crippen LogP contribution in [0.5, 0.6) is 11.5 Å². The maximum atomic E-state index is 11.4. The Morgan fingerprint density at radius 1 is 0.697 bits per heavy atom. The van der Waals surface area contributed by atoms with Crippen molar-refractivity contribution in [1.82, 2.24) is 0 Å². The summed E-state index contributed by atoms with van der Waals surface area (Å²) in [4.78, 5) is 35.3. The molecule has 0 saturated heterocycles. The zero-order valence-electron chi connectivity index (χ0n) is 37.7. The SMILES string of the molecule is [C-]#[N+]C1=C(/C=C/c2ccc(N)c(OCCCCCC(=O)O)c2)C(C)(C)O/C1=C(\C#N)[N+]#[C-].[C-]#[N+]C1=C(/C=C/c2ccc(N)c(OCCCCCC(=O)OCC)c2)C(C)(C)O/C1=C(\C#N)[N+]#[C-]. The molecule has 0 unspecified atom stereocenters. The number of anilines is 2. The molecule has 0 atom stereocenters. The van der Waals surface area contributed by atoms with E-state index in [-0.39, 0.29) is 46.7 Å². The molecule has 4 rings (SSSR count). The minimum absolute atomic E-state index is 0.00590. The van der Waals surface area contributed by atoms with Crippen LogP contribution in [0.1, 0.15) is 97.1 Å². The van der Waals surface area contributed by atoms with E-state index >= 15 is 0 Å². The number of carboxylic acids is 1. The van der Waals surface area contributed by atoms with E-state index in [1.54, 1.807) is 83.2 Å². The van der Waals surface area contributed by atoms with Crippen molar-refractivity contribution in [3.05, 3.63) is 151 Å². The lowest BCUT2D eigenvalue weighted by Gasteiger charge is -2.22. The molecule has 0 radical (unpaired) electrons. The maximum absolute atomic E-state index is 11.4. The molecule has 16 nitrogen and oxygen atoms in total. The Morgan fingerprint density at radius 2 is 1.12 bits per heavy atom. The first-order valence-corrected chi connectivity index (χ1v) is 21.0. The van der Waals surface area contributed by atoms with Gasteiger partial charge in [0, 0.05) is 24.0 Å². The summed E-state index contributed by atoms with van der Waals surface area (Å²) in [6.45, 7) is 39.5. The van der Waals surface area contributed by atoms with Crippen molar-refractivity contribution < 1.29 is 38.4 Å². The molecule has 0 aliphatic carbocycles. The fourth-order valence-electron chi connectivity index (χ4n) is 6.51. The average Bonchev–Trinajstić information content (AvgIpc) is 3.70. The summed E-state index contributed by atoms with van der Waals surface area (Å²) in [7, 11) is 0. The molecule has 2 aromatic carbocycles. The van der Waals surface area contributed by atoms with Gasteiger partial charge < -0.3 is 40.3 Å². The summed E-state index contributed by atoms with van der Waals surface area (Å²) in [6.07, 6.45) is 12.1. The van der Waals surface area contributed by atoms with Crippen LogP contribution in [0.15, 0.2) is 94.0 Å². The summed E-state index contributed by atoms with van der Waals surface area (Å²) < 4.78 is 28.0. The monoisotopic (exact) mass is 892 g/mol. The fraction of sp³-hybridized carbons (Fsp3) is 0.360. The number of ether oxygens (including phenoxy) is 5. The maximum Gasteiger partial charge on any atom is 0.305 e. The third-order valence-electron chi connectivity index (χ3n) is 9.88. The number of hydrogen-bond acceptors (Lipinski definition) is 11. The number of nitrogens with two attached hydrogens (primary N) is 2. The lowest BCUT2D eigenvalue weighted by atomic mass is 9.96. The topological polar surface area (TPSA) is 218 Å². The van der Waals surface area contributed by atoms with Crippen LogP contribution in [0.4, 0.5) is 11.4 Å². The number of allylic oxidation sites excluding steroid dienone is 2. The van der Waals surface area contributed by atoms with Crippen LogP contribution in [0.25, 0.3) is 31.5 Å². The Labute approximate surface area is 386 Å². The molecule has 2 heterocycles. The predicted octanol–water partition coefficient (Wildman–Crippen LogP) is 10.4. The third-order valence-corrected chi connectivity index (χ3v) is 9.88. The molecule has 2 aliphatic rings. The van der Waals surface area contributed by atoms with E-state index in [0.717, 1.165) is 43.2 Å². The number of nitrogen functional groups attached to an aromatic ring is 2. The molecule has 340 valence electrons. The first-order valence-electron chi connectivity index (χ1n) is 21.0. The Morgan fingerprint density at radius 3 is 1.48 bits per heavy atom. The lowest BCUT2D eigenvalue weighted by Crippen LogP contribution is -2.20. The Hall–Kier alpha value is -8.44. The molecule has 0 fully saturated rings. The van der Waals surface area contributed by atoms with Crippen LogP contribution < -0.4 is 20.9 Å². The van der Waals surface area contributed by atoms with Gasteiger partial charge >= 0.3 is 11.9 Å². The van der Waals surface area contributed by atoms with Gasteiger partial charge in [-0.3, -0.25) is 9.59 Å². The molecule has 2 aliphatic heterocycles. The normalized spacial score (nSPS) is 15.9. The molecule has 2 aromatic rings. The van der Waals surface area contributed by atoms with Gasteiger partial charge in [0.15, 0.2) is 0 Å². The second kappa shape index (κ2) is 25.0. The molecule has 0 saturated carbocycles. The number of hydrogen-bond donors (Lipinski definition) is 3. The molecule has 0 amide bonds. The van der Waals surface area contributed by atoms with Gasteiger partial charge in [0.05, 0.1) is 69.6 Å². The number of rotatable bonds is 19. The highest BCUT2D eigenvalue weighted by molar-refractivity contribution is 5.69. The van der Waals surface area contributed by atoms with Crippen LogP contribution in [-0.2, 0) is 23.8 Å². The number of carbonyl (C=O) groups excluding carboxylic acids is 1. The molecule has 0 bridgehead atoms. The summed E-state index contributed by atoms with van der Waals surface area (Å²) in [5.74, 6) is 0.108. The Balaban J connectivity index is 0.000000351. The molecule has 16 heteroatoms. The molecular formula is C50H52N8O8. The van der Waals surface area contributed by atoms with Crippen LogP contribution in [-0.4, -0.2) is 48.1 Å². The van der Waals surface area contributed by atoms with Crippen LogP contribution in [0.3, 0.4) is 0 Å². The summed E-state index contributed by atoms with van der Waals surface area (Å²) >= 11 is 0. The van der Waals surface area contributed by atoms with Gasteiger partial charge in [-0.15, -0.1) is 0 Å². The first-order chi connectivity index (χ1) is 31.5. The number of carboxylic acid groups (broad SMARTS) is 1. The van der Waals surface area contributed by atoms with Gasteiger partial charge in [-0.25, -0.2) is 29.9 Å². The van der Waals surface area contributed by atoms with E-state index in [2.05, 4.69) is 19.4 Å². The summed E-state index contributed by atoms with van der Waals surface area (Å²) in [5.41, 5.74) is 13.8. The largest absolute Gasteiger partial charge is 0.505 e.